The van der Waals surface area contributed by atoms with Crippen LogP contribution in [0.3, 0.4) is 0 Å². The molecule has 0 atom stereocenters. The number of likely N-dealkylation sites (tertiary alicyclic amines) is 1. The quantitative estimate of drug-likeness (QED) is 0.855. The largest absolute Gasteiger partial charge is 0.341 e. The molecule has 1 N–H and O–H groups in total. The van der Waals surface area contributed by atoms with Crippen molar-refractivity contribution in [2.24, 2.45) is 0 Å². The van der Waals surface area contributed by atoms with Gasteiger partial charge in [-0.3, -0.25) is 9.89 Å². The topological polar surface area (TPSA) is 83.1 Å². The molecule has 27 heavy (non-hydrogen) atoms. The van der Waals surface area contributed by atoms with Gasteiger partial charge in [-0.05, 0) is 49.8 Å². The molecule has 1 saturated carbocycles. The standard InChI is InChI=1S/C20H25N3O3S/c1-2-15-14-21-22-18(15)16-8-12-23(13-9-16)19(24)20(10-11-20)27(25,26)17-6-4-3-5-7-17/h3-7,14,16H,2,8-13H2,1H3,(H,21,22). The lowest BCUT2D eigenvalue weighted by molar-refractivity contribution is -0.132. The van der Waals surface area contributed by atoms with Crippen molar-refractivity contribution in [2.45, 2.75) is 54.6 Å². The molecule has 1 amide bonds. The van der Waals surface area contributed by atoms with Crippen molar-refractivity contribution in [3.8, 4) is 0 Å². The Hall–Kier alpha value is -2.15. The van der Waals surface area contributed by atoms with Crippen LogP contribution in [0.4, 0.5) is 0 Å². The molecule has 2 aromatic rings. The lowest BCUT2D eigenvalue weighted by Gasteiger charge is -2.34. The van der Waals surface area contributed by atoms with Gasteiger partial charge < -0.3 is 4.90 Å². The van der Waals surface area contributed by atoms with Gasteiger partial charge in [-0.15, -0.1) is 0 Å². The lowest BCUT2D eigenvalue weighted by Crippen LogP contribution is -2.47. The van der Waals surface area contributed by atoms with Crippen molar-refractivity contribution in [3.05, 3.63) is 47.8 Å². The summed E-state index contributed by atoms with van der Waals surface area (Å²) in [7, 11) is -3.65. The van der Waals surface area contributed by atoms with E-state index in [1.807, 2.05) is 6.20 Å². The van der Waals surface area contributed by atoms with Crippen LogP contribution < -0.4 is 0 Å². The molecule has 0 radical (unpaired) electrons. The van der Waals surface area contributed by atoms with Crippen LogP contribution in [-0.2, 0) is 21.1 Å². The van der Waals surface area contributed by atoms with E-state index >= 15 is 0 Å². The summed E-state index contributed by atoms with van der Waals surface area (Å²) in [6, 6.07) is 8.35. The van der Waals surface area contributed by atoms with E-state index in [0.29, 0.717) is 31.8 Å². The number of amides is 1. The predicted molar refractivity (Wildman–Crippen MR) is 102 cm³/mol. The zero-order valence-corrected chi connectivity index (χ0v) is 16.3. The van der Waals surface area contributed by atoms with Gasteiger partial charge in [0.2, 0.25) is 5.91 Å². The van der Waals surface area contributed by atoms with E-state index in [1.165, 1.54) is 11.3 Å². The number of carbonyl (C=O) groups is 1. The van der Waals surface area contributed by atoms with Gasteiger partial charge in [0.1, 0.15) is 0 Å². The fraction of sp³-hybridized carbons (Fsp3) is 0.500. The summed E-state index contributed by atoms with van der Waals surface area (Å²) in [6.07, 6.45) is 5.32. The van der Waals surface area contributed by atoms with Crippen LogP contribution in [0.15, 0.2) is 41.4 Å². The van der Waals surface area contributed by atoms with E-state index in [9.17, 15) is 13.2 Å². The van der Waals surface area contributed by atoms with Gasteiger partial charge >= 0.3 is 0 Å². The number of aryl methyl sites for hydroxylation is 1. The van der Waals surface area contributed by atoms with Gasteiger partial charge in [0.25, 0.3) is 0 Å². The van der Waals surface area contributed by atoms with E-state index in [2.05, 4.69) is 17.1 Å². The number of piperidine rings is 1. The minimum atomic E-state index is -3.65. The summed E-state index contributed by atoms with van der Waals surface area (Å²) in [5, 5.41) is 7.26. The molecule has 1 aliphatic heterocycles. The first-order valence-corrected chi connectivity index (χ1v) is 11.1. The highest BCUT2D eigenvalue weighted by molar-refractivity contribution is 7.94. The van der Waals surface area contributed by atoms with Crippen LogP contribution in [0.5, 0.6) is 0 Å². The van der Waals surface area contributed by atoms with Crippen molar-refractivity contribution in [2.75, 3.05) is 13.1 Å². The second-order valence-corrected chi connectivity index (χ2v) is 9.80. The molecule has 2 fully saturated rings. The molecule has 1 aromatic heterocycles. The Bertz CT molecular complexity index is 924. The highest BCUT2D eigenvalue weighted by atomic mass is 32.2. The van der Waals surface area contributed by atoms with Crippen LogP contribution in [0.25, 0.3) is 0 Å². The van der Waals surface area contributed by atoms with Gasteiger partial charge in [0.05, 0.1) is 11.1 Å². The Kier molecular flexibility index (Phi) is 4.58. The number of H-pyrrole nitrogens is 1. The Morgan fingerprint density at radius 1 is 1.22 bits per heavy atom. The van der Waals surface area contributed by atoms with Gasteiger partial charge in [0.15, 0.2) is 14.6 Å². The Morgan fingerprint density at radius 3 is 2.48 bits per heavy atom. The molecule has 0 bridgehead atoms. The molecular weight excluding hydrogens is 362 g/mol. The summed E-state index contributed by atoms with van der Waals surface area (Å²) >= 11 is 0. The highest BCUT2D eigenvalue weighted by Gasteiger charge is 2.62. The summed E-state index contributed by atoms with van der Waals surface area (Å²) in [6.45, 7) is 3.30. The van der Waals surface area contributed by atoms with Gasteiger partial charge in [-0.25, -0.2) is 8.42 Å². The van der Waals surface area contributed by atoms with Gasteiger partial charge in [0, 0.05) is 24.7 Å². The molecule has 1 saturated heterocycles. The number of rotatable bonds is 5. The lowest BCUT2D eigenvalue weighted by atomic mass is 9.90. The van der Waals surface area contributed by atoms with Crippen molar-refractivity contribution in [3.63, 3.8) is 0 Å². The number of nitrogens with zero attached hydrogens (tertiary/aromatic N) is 2. The number of hydrogen-bond donors (Lipinski definition) is 1. The predicted octanol–water partition coefficient (Wildman–Crippen LogP) is 2.68. The first kappa shape index (κ1) is 18.2. The molecule has 144 valence electrons. The third-order valence-corrected chi connectivity index (χ3v) is 8.49. The van der Waals surface area contributed by atoms with E-state index in [1.54, 1.807) is 35.2 Å². The van der Waals surface area contributed by atoms with Crippen molar-refractivity contribution < 1.29 is 13.2 Å². The molecule has 7 heteroatoms. The van der Waals surface area contributed by atoms with Crippen LogP contribution >= 0.6 is 0 Å². The minimum Gasteiger partial charge on any atom is -0.341 e. The minimum absolute atomic E-state index is 0.217. The third kappa shape index (κ3) is 2.98. The molecule has 1 aliphatic carbocycles. The molecule has 2 heterocycles. The first-order chi connectivity index (χ1) is 13.0. The van der Waals surface area contributed by atoms with Gasteiger partial charge in [-0.2, -0.15) is 5.10 Å². The molecule has 0 unspecified atom stereocenters. The fourth-order valence-corrected chi connectivity index (χ4v) is 6.12. The van der Waals surface area contributed by atoms with E-state index < -0.39 is 14.6 Å². The molecule has 1 aromatic carbocycles. The second kappa shape index (κ2) is 6.78. The second-order valence-electron chi connectivity index (χ2n) is 7.54. The smallest absolute Gasteiger partial charge is 0.244 e. The number of benzene rings is 1. The number of nitrogens with one attached hydrogen (secondary N) is 1. The van der Waals surface area contributed by atoms with Crippen molar-refractivity contribution in [1.29, 1.82) is 0 Å². The average molecular weight is 388 g/mol. The number of hydrogen-bond acceptors (Lipinski definition) is 4. The maximum Gasteiger partial charge on any atom is 0.244 e. The van der Waals surface area contributed by atoms with Crippen LogP contribution in [0.1, 0.15) is 49.8 Å². The summed E-state index contributed by atoms with van der Waals surface area (Å²) in [4.78, 5) is 15.1. The summed E-state index contributed by atoms with van der Waals surface area (Å²) < 4.78 is 24.9. The maximum atomic E-state index is 13.1. The van der Waals surface area contributed by atoms with Crippen molar-refractivity contribution >= 4 is 15.7 Å². The van der Waals surface area contributed by atoms with Gasteiger partial charge in [-0.1, -0.05) is 25.1 Å². The van der Waals surface area contributed by atoms with Crippen LogP contribution in [0, 0.1) is 0 Å². The van der Waals surface area contributed by atoms with Crippen LogP contribution in [0.2, 0.25) is 0 Å². The normalized spacial score (nSPS) is 19.8. The molecule has 2 aliphatic rings. The zero-order valence-electron chi connectivity index (χ0n) is 15.5. The van der Waals surface area contributed by atoms with E-state index in [0.717, 1.165) is 19.3 Å². The first-order valence-electron chi connectivity index (χ1n) is 9.61. The molecule has 4 rings (SSSR count). The van der Waals surface area contributed by atoms with Crippen LogP contribution in [-0.4, -0.2) is 47.3 Å². The monoisotopic (exact) mass is 387 g/mol. The Balaban J connectivity index is 1.48. The number of carbonyl (C=O) groups excluding carboxylic acids is 1. The number of aromatic amines is 1. The Labute approximate surface area is 159 Å². The number of sulfone groups is 1. The summed E-state index contributed by atoms with van der Waals surface area (Å²) in [5.74, 6) is 0.137. The van der Waals surface area contributed by atoms with E-state index in [-0.39, 0.29) is 10.8 Å². The Morgan fingerprint density at radius 2 is 1.89 bits per heavy atom. The fourth-order valence-electron chi connectivity index (χ4n) is 4.15. The molecule has 0 spiro atoms. The molecular formula is C20H25N3O3S. The number of aromatic nitrogens is 2. The average Bonchev–Trinajstić information content (AvgIpc) is 3.40. The SMILES string of the molecule is CCc1cn[nH]c1C1CCN(C(=O)C2(S(=O)(=O)c3ccccc3)CC2)CC1. The van der Waals surface area contributed by atoms with Crippen molar-refractivity contribution in [1.82, 2.24) is 15.1 Å². The molecule has 6 nitrogen and oxygen atoms in total. The van der Waals surface area contributed by atoms with E-state index in [4.69, 9.17) is 0 Å². The summed E-state index contributed by atoms with van der Waals surface area (Å²) in [5.41, 5.74) is 2.40. The third-order valence-electron chi connectivity index (χ3n) is 5.98. The zero-order chi connectivity index (χ0) is 19.1. The highest BCUT2D eigenvalue weighted by Crippen LogP contribution is 2.48. The maximum absolute atomic E-state index is 13.1.